The van der Waals surface area contributed by atoms with Crippen LogP contribution in [0.5, 0.6) is 0 Å². The first-order chi connectivity index (χ1) is 7.31. The Bertz CT molecular complexity index is 449. The smallest absolute Gasteiger partial charge is 0.0704 e. The number of nitrogens with zero attached hydrogens (tertiary/aromatic N) is 1. The molecule has 0 atom stereocenters. The maximum atomic E-state index is 5.59. The summed E-state index contributed by atoms with van der Waals surface area (Å²) < 4.78 is 0. The zero-order valence-corrected chi connectivity index (χ0v) is 8.77. The molecule has 0 aliphatic carbocycles. The molecule has 1 aromatic heterocycles. The molecule has 0 spiro atoms. The summed E-state index contributed by atoms with van der Waals surface area (Å²) in [6.45, 7) is 2.67. The lowest BCUT2D eigenvalue weighted by Crippen LogP contribution is -1.97. The van der Waals surface area contributed by atoms with E-state index in [0.717, 1.165) is 11.3 Å². The van der Waals surface area contributed by atoms with Gasteiger partial charge in [0.2, 0.25) is 0 Å². The van der Waals surface area contributed by atoms with Gasteiger partial charge in [-0.2, -0.15) is 0 Å². The predicted octanol–water partition coefficient (Wildman–Crippen LogP) is 2.52. The number of benzene rings is 1. The van der Waals surface area contributed by atoms with E-state index < -0.39 is 0 Å². The van der Waals surface area contributed by atoms with Gasteiger partial charge in [0, 0.05) is 18.3 Å². The fourth-order valence-electron chi connectivity index (χ4n) is 1.66. The lowest BCUT2D eigenvalue weighted by Gasteiger charge is -2.06. The quantitative estimate of drug-likeness (QED) is 0.805. The van der Waals surface area contributed by atoms with Crippen molar-refractivity contribution in [3.05, 3.63) is 53.7 Å². The third kappa shape index (κ3) is 2.05. The van der Waals surface area contributed by atoms with Crippen LogP contribution in [0.3, 0.4) is 0 Å². The van der Waals surface area contributed by atoms with E-state index in [-0.39, 0.29) is 0 Å². The monoisotopic (exact) mass is 198 g/mol. The highest BCUT2D eigenvalue weighted by Gasteiger charge is 2.02. The molecule has 2 N–H and O–H groups in total. The second kappa shape index (κ2) is 4.24. The molecule has 0 aliphatic heterocycles. The number of hydrogen-bond acceptors (Lipinski definition) is 2. The number of nitrogens with two attached hydrogens (primary N) is 1. The number of rotatable bonds is 2. The van der Waals surface area contributed by atoms with Gasteiger partial charge in [0.15, 0.2) is 0 Å². The van der Waals surface area contributed by atoms with Crippen LogP contribution >= 0.6 is 0 Å². The van der Waals surface area contributed by atoms with Gasteiger partial charge in [-0.3, -0.25) is 4.98 Å². The average molecular weight is 198 g/mol. The van der Waals surface area contributed by atoms with Crippen molar-refractivity contribution in [1.29, 1.82) is 0 Å². The molecule has 0 saturated carbocycles. The third-order valence-electron chi connectivity index (χ3n) is 2.47. The summed E-state index contributed by atoms with van der Waals surface area (Å²) in [7, 11) is 0. The van der Waals surface area contributed by atoms with Gasteiger partial charge < -0.3 is 5.73 Å². The van der Waals surface area contributed by atoms with E-state index in [1.165, 1.54) is 11.1 Å². The Kier molecular flexibility index (Phi) is 2.79. The highest BCUT2D eigenvalue weighted by atomic mass is 14.7. The SMILES string of the molecule is Cc1cc(CN)ccc1-c1ccccn1. The molecule has 2 heteroatoms. The van der Waals surface area contributed by atoms with Gasteiger partial charge in [-0.25, -0.2) is 0 Å². The molecule has 1 aromatic carbocycles. The van der Waals surface area contributed by atoms with Crippen LogP contribution in [0.25, 0.3) is 11.3 Å². The fraction of sp³-hybridized carbons (Fsp3) is 0.154. The molecule has 2 rings (SSSR count). The van der Waals surface area contributed by atoms with Gasteiger partial charge in [-0.15, -0.1) is 0 Å². The third-order valence-corrected chi connectivity index (χ3v) is 2.47. The van der Waals surface area contributed by atoms with Gasteiger partial charge in [-0.05, 0) is 30.2 Å². The van der Waals surface area contributed by atoms with Crippen LogP contribution in [0, 0.1) is 6.92 Å². The van der Waals surface area contributed by atoms with Crippen molar-refractivity contribution in [3.63, 3.8) is 0 Å². The Balaban J connectivity index is 2.46. The number of pyridine rings is 1. The average Bonchev–Trinajstić information content (AvgIpc) is 2.30. The molecule has 15 heavy (non-hydrogen) atoms. The molecule has 0 bridgehead atoms. The fourth-order valence-corrected chi connectivity index (χ4v) is 1.66. The van der Waals surface area contributed by atoms with Gasteiger partial charge in [-0.1, -0.05) is 24.3 Å². The first-order valence-corrected chi connectivity index (χ1v) is 5.02. The Hall–Kier alpha value is -1.67. The molecule has 0 aliphatic rings. The Morgan fingerprint density at radius 3 is 2.67 bits per heavy atom. The molecule has 0 saturated heterocycles. The maximum Gasteiger partial charge on any atom is 0.0704 e. The van der Waals surface area contributed by atoms with Gasteiger partial charge in [0.1, 0.15) is 0 Å². The maximum absolute atomic E-state index is 5.59. The summed E-state index contributed by atoms with van der Waals surface area (Å²) >= 11 is 0. The summed E-state index contributed by atoms with van der Waals surface area (Å²) in [5.74, 6) is 0. The van der Waals surface area contributed by atoms with Crippen LogP contribution in [-0.4, -0.2) is 4.98 Å². The Morgan fingerprint density at radius 2 is 2.07 bits per heavy atom. The van der Waals surface area contributed by atoms with Crippen LogP contribution in [0.1, 0.15) is 11.1 Å². The standard InChI is InChI=1S/C13H14N2/c1-10-8-11(9-14)5-6-12(10)13-4-2-3-7-15-13/h2-8H,9,14H2,1H3. The zero-order valence-electron chi connectivity index (χ0n) is 8.77. The van der Waals surface area contributed by atoms with Crippen LogP contribution in [0.2, 0.25) is 0 Å². The van der Waals surface area contributed by atoms with Crippen molar-refractivity contribution in [3.8, 4) is 11.3 Å². The number of aryl methyl sites for hydroxylation is 1. The summed E-state index contributed by atoms with van der Waals surface area (Å²) in [6, 6.07) is 12.2. The molecule has 0 fully saturated rings. The largest absolute Gasteiger partial charge is 0.326 e. The first kappa shape index (κ1) is 9.87. The minimum Gasteiger partial charge on any atom is -0.326 e. The lowest BCUT2D eigenvalue weighted by molar-refractivity contribution is 1.07. The van der Waals surface area contributed by atoms with E-state index in [0.29, 0.717) is 6.54 Å². The van der Waals surface area contributed by atoms with E-state index in [2.05, 4.69) is 30.1 Å². The highest BCUT2D eigenvalue weighted by molar-refractivity contribution is 5.63. The van der Waals surface area contributed by atoms with Crippen molar-refractivity contribution in [1.82, 2.24) is 4.98 Å². The topological polar surface area (TPSA) is 38.9 Å². The van der Waals surface area contributed by atoms with E-state index in [1.807, 2.05) is 24.4 Å². The van der Waals surface area contributed by atoms with Crippen molar-refractivity contribution in [2.75, 3.05) is 0 Å². The van der Waals surface area contributed by atoms with Gasteiger partial charge in [0.25, 0.3) is 0 Å². The molecular weight excluding hydrogens is 184 g/mol. The molecule has 2 aromatic rings. The summed E-state index contributed by atoms with van der Waals surface area (Å²) in [5, 5.41) is 0. The molecule has 0 unspecified atom stereocenters. The van der Waals surface area contributed by atoms with Crippen molar-refractivity contribution in [2.24, 2.45) is 5.73 Å². The molecule has 1 heterocycles. The summed E-state index contributed by atoms with van der Waals surface area (Å²) in [4.78, 5) is 4.33. The van der Waals surface area contributed by atoms with E-state index in [4.69, 9.17) is 5.73 Å². The minimum absolute atomic E-state index is 0.587. The number of hydrogen-bond donors (Lipinski definition) is 1. The van der Waals surface area contributed by atoms with Crippen molar-refractivity contribution >= 4 is 0 Å². The first-order valence-electron chi connectivity index (χ1n) is 5.02. The van der Waals surface area contributed by atoms with E-state index in [1.54, 1.807) is 0 Å². The van der Waals surface area contributed by atoms with E-state index >= 15 is 0 Å². The van der Waals surface area contributed by atoms with Crippen LogP contribution in [-0.2, 0) is 6.54 Å². The lowest BCUT2D eigenvalue weighted by atomic mass is 10.0. The molecule has 0 amide bonds. The number of aromatic nitrogens is 1. The van der Waals surface area contributed by atoms with Crippen molar-refractivity contribution in [2.45, 2.75) is 13.5 Å². The summed E-state index contributed by atoms with van der Waals surface area (Å²) in [6.07, 6.45) is 1.81. The second-order valence-electron chi connectivity index (χ2n) is 3.57. The molecule has 0 radical (unpaired) electrons. The molecule has 76 valence electrons. The van der Waals surface area contributed by atoms with Gasteiger partial charge >= 0.3 is 0 Å². The Morgan fingerprint density at radius 1 is 1.20 bits per heavy atom. The second-order valence-corrected chi connectivity index (χ2v) is 3.57. The molecular formula is C13H14N2. The van der Waals surface area contributed by atoms with Crippen LogP contribution in [0.4, 0.5) is 0 Å². The normalized spacial score (nSPS) is 10.3. The van der Waals surface area contributed by atoms with Crippen molar-refractivity contribution < 1.29 is 0 Å². The minimum atomic E-state index is 0.587. The Labute approximate surface area is 89.8 Å². The van der Waals surface area contributed by atoms with E-state index in [9.17, 15) is 0 Å². The predicted molar refractivity (Wildman–Crippen MR) is 62.3 cm³/mol. The van der Waals surface area contributed by atoms with Gasteiger partial charge in [0.05, 0.1) is 5.69 Å². The van der Waals surface area contributed by atoms with Crippen LogP contribution in [0.15, 0.2) is 42.6 Å². The van der Waals surface area contributed by atoms with Crippen LogP contribution < -0.4 is 5.73 Å². The molecule has 2 nitrogen and oxygen atoms in total. The highest BCUT2D eigenvalue weighted by Crippen LogP contribution is 2.21. The zero-order chi connectivity index (χ0) is 10.7. The summed E-state index contributed by atoms with van der Waals surface area (Å²) in [5.41, 5.74) is 10.2.